The number of carbonyl (C=O) groups is 2. The van der Waals surface area contributed by atoms with E-state index in [2.05, 4.69) is 5.32 Å². The summed E-state index contributed by atoms with van der Waals surface area (Å²) in [5.41, 5.74) is 2.05. The molecule has 1 saturated carbocycles. The first-order valence-electron chi connectivity index (χ1n) is 11.4. The van der Waals surface area contributed by atoms with Crippen LogP contribution in [-0.4, -0.2) is 56.2 Å². The van der Waals surface area contributed by atoms with E-state index in [1.165, 1.54) is 0 Å². The summed E-state index contributed by atoms with van der Waals surface area (Å²) < 4.78 is 10.7. The van der Waals surface area contributed by atoms with Crippen LogP contribution in [0.4, 0.5) is 0 Å². The van der Waals surface area contributed by atoms with Crippen LogP contribution in [0, 0.1) is 0 Å². The number of amides is 2. The van der Waals surface area contributed by atoms with Crippen molar-refractivity contribution in [3.8, 4) is 5.75 Å². The lowest BCUT2D eigenvalue weighted by Gasteiger charge is -2.50. The summed E-state index contributed by atoms with van der Waals surface area (Å²) in [6.07, 6.45) is 4.39. The molecule has 1 aliphatic carbocycles. The van der Waals surface area contributed by atoms with Crippen LogP contribution in [0.25, 0.3) is 0 Å². The minimum atomic E-state index is -0.488. The molecule has 6 nitrogen and oxygen atoms in total. The van der Waals surface area contributed by atoms with Gasteiger partial charge in [0.1, 0.15) is 5.75 Å². The maximum Gasteiger partial charge on any atom is 0.254 e. The van der Waals surface area contributed by atoms with E-state index in [0.29, 0.717) is 31.7 Å². The Labute approximate surface area is 189 Å². The van der Waals surface area contributed by atoms with Crippen LogP contribution in [0.3, 0.4) is 0 Å². The SMILES string of the molecule is COCCN1C(=O)c2ccccc2[C@H](C(=O)NCCc2ccccc2OC)C12CCCC2. The summed E-state index contributed by atoms with van der Waals surface area (Å²) in [6.45, 7) is 1.46. The number of nitrogens with zero attached hydrogens (tertiary/aromatic N) is 1. The van der Waals surface area contributed by atoms with Crippen molar-refractivity contribution in [3.05, 3.63) is 65.2 Å². The van der Waals surface area contributed by atoms with Crippen LogP contribution >= 0.6 is 0 Å². The molecule has 1 N–H and O–H groups in total. The van der Waals surface area contributed by atoms with E-state index in [4.69, 9.17) is 9.47 Å². The lowest BCUT2D eigenvalue weighted by molar-refractivity contribution is -0.126. The first kappa shape index (κ1) is 22.3. The fourth-order valence-corrected chi connectivity index (χ4v) is 5.51. The Balaban J connectivity index is 1.61. The van der Waals surface area contributed by atoms with Crippen molar-refractivity contribution >= 4 is 11.8 Å². The van der Waals surface area contributed by atoms with Crippen molar-refractivity contribution in [2.75, 3.05) is 33.9 Å². The Bertz CT molecular complexity index is 968. The van der Waals surface area contributed by atoms with Gasteiger partial charge in [-0.25, -0.2) is 0 Å². The molecule has 1 spiro atoms. The Kier molecular flexibility index (Phi) is 6.80. The molecule has 1 fully saturated rings. The highest BCUT2D eigenvalue weighted by atomic mass is 16.5. The number of hydrogen-bond donors (Lipinski definition) is 1. The molecule has 0 bridgehead atoms. The monoisotopic (exact) mass is 436 g/mol. The number of para-hydroxylation sites is 1. The number of carbonyl (C=O) groups excluding carboxylic acids is 2. The first-order chi connectivity index (χ1) is 15.6. The van der Waals surface area contributed by atoms with Gasteiger partial charge in [0.15, 0.2) is 0 Å². The second-order valence-corrected chi connectivity index (χ2v) is 8.63. The lowest BCUT2D eigenvalue weighted by Crippen LogP contribution is -2.61. The highest BCUT2D eigenvalue weighted by Gasteiger charge is 2.55. The standard InChI is InChI=1S/C26H32N2O4/c1-31-18-17-28-25(30)21-11-5-4-10-20(21)23(26(28)14-7-8-15-26)24(29)27-16-13-19-9-3-6-12-22(19)32-2/h3-6,9-12,23H,7-8,13-18H2,1-2H3,(H,27,29)/t23-/m1/s1. The molecule has 2 amide bonds. The van der Waals surface area contributed by atoms with Crippen LogP contribution in [0.5, 0.6) is 5.75 Å². The molecule has 32 heavy (non-hydrogen) atoms. The fraction of sp³-hybridized carbons (Fsp3) is 0.462. The fourth-order valence-electron chi connectivity index (χ4n) is 5.51. The molecule has 0 aromatic heterocycles. The quantitative estimate of drug-likeness (QED) is 0.687. The molecule has 170 valence electrons. The number of fused-ring (bicyclic) bond motifs is 1. The van der Waals surface area contributed by atoms with E-state index < -0.39 is 5.54 Å². The van der Waals surface area contributed by atoms with E-state index in [9.17, 15) is 9.59 Å². The van der Waals surface area contributed by atoms with Gasteiger partial charge in [0, 0.05) is 25.8 Å². The van der Waals surface area contributed by atoms with Crippen molar-refractivity contribution in [2.24, 2.45) is 0 Å². The van der Waals surface area contributed by atoms with Gasteiger partial charge in [0.25, 0.3) is 5.91 Å². The summed E-state index contributed by atoms with van der Waals surface area (Å²) in [5, 5.41) is 3.17. The van der Waals surface area contributed by atoms with Crippen molar-refractivity contribution in [1.29, 1.82) is 0 Å². The predicted octanol–water partition coefficient (Wildman–Crippen LogP) is 3.55. The summed E-state index contributed by atoms with van der Waals surface area (Å²) in [4.78, 5) is 29.1. The minimum Gasteiger partial charge on any atom is -0.496 e. The second-order valence-electron chi connectivity index (χ2n) is 8.63. The first-order valence-corrected chi connectivity index (χ1v) is 11.4. The third kappa shape index (κ3) is 3.99. The molecule has 2 aromatic rings. The molecule has 1 heterocycles. The normalized spacial score (nSPS) is 19.1. The van der Waals surface area contributed by atoms with Gasteiger partial charge in [-0.15, -0.1) is 0 Å². The molecule has 0 radical (unpaired) electrons. The van der Waals surface area contributed by atoms with Crippen LogP contribution in [0.2, 0.25) is 0 Å². The number of rotatable bonds is 8. The molecule has 0 saturated heterocycles. The lowest BCUT2D eigenvalue weighted by atomic mass is 9.71. The van der Waals surface area contributed by atoms with Crippen molar-refractivity contribution < 1.29 is 19.1 Å². The molecule has 2 aliphatic rings. The van der Waals surface area contributed by atoms with Crippen molar-refractivity contribution in [3.63, 3.8) is 0 Å². The van der Waals surface area contributed by atoms with Gasteiger partial charge in [-0.05, 0) is 42.5 Å². The summed E-state index contributed by atoms with van der Waals surface area (Å²) >= 11 is 0. The largest absolute Gasteiger partial charge is 0.496 e. The van der Waals surface area contributed by atoms with E-state index >= 15 is 0 Å². The Hall–Kier alpha value is -2.86. The van der Waals surface area contributed by atoms with Crippen LogP contribution in [0.15, 0.2) is 48.5 Å². The maximum atomic E-state index is 13.7. The number of nitrogens with one attached hydrogen (secondary N) is 1. The van der Waals surface area contributed by atoms with Crippen molar-refractivity contribution in [1.82, 2.24) is 10.2 Å². The van der Waals surface area contributed by atoms with Gasteiger partial charge in [-0.3, -0.25) is 9.59 Å². The average molecular weight is 437 g/mol. The van der Waals surface area contributed by atoms with E-state index in [-0.39, 0.29) is 17.7 Å². The van der Waals surface area contributed by atoms with E-state index in [0.717, 1.165) is 42.6 Å². The van der Waals surface area contributed by atoms with Crippen LogP contribution in [0.1, 0.15) is 53.1 Å². The van der Waals surface area contributed by atoms with Gasteiger partial charge in [0.2, 0.25) is 5.91 Å². The Morgan fingerprint density at radius 3 is 2.56 bits per heavy atom. The van der Waals surface area contributed by atoms with Gasteiger partial charge >= 0.3 is 0 Å². The molecule has 1 aliphatic heterocycles. The zero-order valence-corrected chi connectivity index (χ0v) is 18.9. The molecule has 0 unspecified atom stereocenters. The van der Waals surface area contributed by atoms with Gasteiger partial charge < -0.3 is 19.7 Å². The van der Waals surface area contributed by atoms with Gasteiger partial charge in [-0.2, -0.15) is 0 Å². The average Bonchev–Trinajstić information content (AvgIpc) is 3.29. The number of ether oxygens (including phenoxy) is 2. The molecular formula is C26H32N2O4. The topological polar surface area (TPSA) is 67.9 Å². The number of methoxy groups -OCH3 is 2. The second kappa shape index (κ2) is 9.74. The predicted molar refractivity (Wildman–Crippen MR) is 123 cm³/mol. The third-order valence-electron chi connectivity index (χ3n) is 6.96. The third-order valence-corrected chi connectivity index (χ3v) is 6.96. The van der Waals surface area contributed by atoms with Crippen LogP contribution < -0.4 is 10.1 Å². The molecule has 4 rings (SSSR count). The smallest absolute Gasteiger partial charge is 0.254 e. The highest BCUT2D eigenvalue weighted by Crippen LogP contribution is 2.50. The summed E-state index contributed by atoms with van der Waals surface area (Å²) in [6, 6.07) is 15.5. The van der Waals surface area contributed by atoms with Gasteiger partial charge in [-0.1, -0.05) is 49.2 Å². The number of benzene rings is 2. The Morgan fingerprint density at radius 2 is 1.81 bits per heavy atom. The van der Waals surface area contributed by atoms with E-state index in [1.807, 2.05) is 53.4 Å². The number of hydrogen-bond acceptors (Lipinski definition) is 4. The zero-order chi connectivity index (χ0) is 22.6. The Morgan fingerprint density at radius 1 is 1.09 bits per heavy atom. The van der Waals surface area contributed by atoms with E-state index in [1.54, 1.807) is 14.2 Å². The van der Waals surface area contributed by atoms with Crippen LogP contribution in [-0.2, 0) is 16.0 Å². The molecule has 1 atom stereocenters. The molecule has 2 aromatic carbocycles. The summed E-state index contributed by atoms with van der Waals surface area (Å²) in [7, 11) is 3.30. The van der Waals surface area contributed by atoms with Gasteiger partial charge in [0.05, 0.1) is 25.2 Å². The van der Waals surface area contributed by atoms with Crippen molar-refractivity contribution in [2.45, 2.75) is 43.6 Å². The summed E-state index contributed by atoms with van der Waals surface area (Å²) in [5.74, 6) is 0.448. The maximum absolute atomic E-state index is 13.7. The zero-order valence-electron chi connectivity index (χ0n) is 18.9. The minimum absolute atomic E-state index is 0.0100. The molecular weight excluding hydrogens is 404 g/mol. The highest BCUT2D eigenvalue weighted by molar-refractivity contribution is 6.02. The molecule has 6 heteroatoms.